The molecule has 1 saturated carbocycles. The van der Waals surface area contributed by atoms with Crippen LogP contribution in [0.3, 0.4) is 0 Å². The number of nitrogens with zero attached hydrogens (tertiary/aromatic N) is 5. The molecule has 3 aromatic heterocycles. The number of rotatable bonds is 6. The van der Waals surface area contributed by atoms with Gasteiger partial charge in [0.2, 0.25) is 0 Å². The molecule has 4 heterocycles. The molecule has 2 fully saturated rings. The van der Waals surface area contributed by atoms with Crippen LogP contribution in [0.4, 0.5) is 26.1 Å². The van der Waals surface area contributed by atoms with E-state index in [4.69, 9.17) is 14.7 Å². The van der Waals surface area contributed by atoms with Gasteiger partial charge in [-0.3, -0.25) is 4.98 Å². The standard InChI is InChI=1S/C26H25F2N7O/c1-36-22-12-20(18(27)11-19(22)28)32-23-10-16(4-5-31-23)25-33-21-14-30-13-17(15-2-3-15)24(21)26(34-25)35-8-6-29-7-9-35/h4-5,10-15,29H,2-3,6-9H2,1H3,(H,31,32). The molecule has 1 saturated heterocycles. The Hall–Kier alpha value is -3.92. The number of hydrogen-bond acceptors (Lipinski definition) is 8. The average Bonchev–Trinajstić information content (AvgIpc) is 3.75. The Morgan fingerprint density at radius 3 is 2.67 bits per heavy atom. The Morgan fingerprint density at radius 2 is 1.89 bits per heavy atom. The summed E-state index contributed by atoms with van der Waals surface area (Å²) >= 11 is 0. The maximum absolute atomic E-state index is 14.4. The van der Waals surface area contributed by atoms with Crippen molar-refractivity contribution in [1.29, 1.82) is 0 Å². The van der Waals surface area contributed by atoms with Crippen molar-refractivity contribution >= 4 is 28.2 Å². The van der Waals surface area contributed by atoms with E-state index in [0.717, 1.165) is 67.4 Å². The van der Waals surface area contributed by atoms with Crippen LogP contribution in [0.25, 0.3) is 22.3 Å². The van der Waals surface area contributed by atoms with Crippen LogP contribution in [-0.4, -0.2) is 53.2 Å². The zero-order valence-electron chi connectivity index (χ0n) is 19.8. The molecule has 36 heavy (non-hydrogen) atoms. The molecule has 0 atom stereocenters. The molecule has 1 aliphatic heterocycles. The third-order valence-electron chi connectivity index (χ3n) is 6.57. The number of aromatic nitrogens is 4. The molecule has 0 spiro atoms. The summed E-state index contributed by atoms with van der Waals surface area (Å²) in [5, 5.41) is 7.39. The van der Waals surface area contributed by atoms with Crippen LogP contribution in [0.1, 0.15) is 24.3 Å². The summed E-state index contributed by atoms with van der Waals surface area (Å²) in [6, 6.07) is 5.60. The number of ether oxygens (including phenoxy) is 1. The molecule has 0 radical (unpaired) electrons. The Balaban J connectivity index is 1.42. The van der Waals surface area contributed by atoms with Crippen LogP contribution < -0.4 is 20.3 Å². The van der Waals surface area contributed by atoms with E-state index in [1.54, 1.807) is 18.5 Å². The fraction of sp³-hybridized carbons (Fsp3) is 0.308. The fourth-order valence-electron chi connectivity index (χ4n) is 4.58. The number of methoxy groups -OCH3 is 1. The molecule has 184 valence electrons. The maximum atomic E-state index is 14.4. The number of halogens is 2. The van der Waals surface area contributed by atoms with E-state index >= 15 is 0 Å². The summed E-state index contributed by atoms with van der Waals surface area (Å²) in [4.78, 5) is 21.0. The smallest absolute Gasteiger partial charge is 0.168 e. The molecular weight excluding hydrogens is 464 g/mol. The first kappa shape index (κ1) is 22.5. The minimum atomic E-state index is -0.772. The first-order valence-corrected chi connectivity index (χ1v) is 12.0. The molecule has 1 aliphatic carbocycles. The van der Waals surface area contributed by atoms with Gasteiger partial charge in [0.05, 0.1) is 24.5 Å². The van der Waals surface area contributed by atoms with Gasteiger partial charge in [0, 0.05) is 61.7 Å². The van der Waals surface area contributed by atoms with Crippen molar-refractivity contribution in [3.05, 3.63) is 60.1 Å². The van der Waals surface area contributed by atoms with Crippen molar-refractivity contribution in [3.8, 4) is 17.1 Å². The normalized spacial score (nSPS) is 15.8. The molecule has 2 N–H and O–H groups in total. The van der Waals surface area contributed by atoms with Gasteiger partial charge in [0.1, 0.15) is 17.5 Å². The first-order valence-electron chi connectivity index (χ1n) is 12.0. The van der Waals surface area contributed by atoms with E-state index in [9.17, 15) is 8.78 Å². The second kappa shape index (κ2) is 9.27. The summed E-state index contributed by atoms with van der Waals surface area (Å²) in [6.45, 7) is 3.49. The summed E-state index contributed by atoms with van der Waals surface area (Å²) in [5.74, 6) is 0.755. The highest BCUT2D eigenvalue weighted by atomic mass is 19.1. The predicted octanol–water partition coefficient (Wildman–Crippen LogP) is 4.40. The van der Waals surface area contributed by atoms with E-state index in [1.165, 1.54) is 18.7 Å². The Labute approximate surface area is 206 Å². The first-order chi connectivity index (χ1) is 17.6. The number of fused-ring (bicyclic) bond motifs is 1. The Kier molecular flexibility index (Phi) is 5.80. The van der Waals surface area contributed by atoms with Gasteiger partial charge in [-0.1, -0.05) is 0 Å². The lowest BCUT2D eigenvalue weighted by Crippen LogP contribution is -2.44. The van der Waals surface area contributed by atoms with E-state index in [2.05, 4.69) is 25.5 Å². The maximum Gasteiger partial charge on any atom is 0.168 e. The zero-order chi connectivity index (χ0) is 24.6. The van der Waals surface area contributed by atoms with Crippen molar-refractivity contribution in [2.45, 2.75) is 18.8 Å². The highest BCUT2D eigenvalue weighted by molar-refractivity contribution is 5.94. The van der Waals surface area contributed by atoms with Crippen molar-refractivity contribution in [2.24, 2.45) is 0 Å². The van der Waals surface area contributed by atoms with Crippen molar-refractivity contribution in [2.75, 3.05) is 43.5 Å². The second-order valence-electron chi connectivity index (χ2n) is 9.03. The highest BCUT2D eigenvalue weighted by Gasteiger charge is 2.29. The van der Waals surface area contributed by atoms with Gasteiger partial charge in [-0.15, -0.1) is 0 Å². The lowest BCUT2D eigenvalue weighted by molar-refractivity contribution is 0.384. The number of benzene rings is 1. The van der Waals surface area contributed by atoms with Crippen LogP contribution in [0, 0.1) is 11.6 Å². The van der Waals surface area contributed by atoms with Crippen LogP contribution in [0.5, 0.6) is 5.75 Å². The van der Waals surface area contributed by atoms with Gasteiger partial charge < -0.3 is 20.3 Å². The molecule has 0 bridgehead atoms. The molecule has 0 unspecified atom stereocenters. The van der Waals surface area contributed by atoms with Crippen LogP contribution in [-0.2, 0) is 0 Å². The molecule has 0 amide bonds. The number of piperazine rings is 1. The number of hydrogen-bond donors (Lipinski definition) is 2. The van der Waals surface area contributed by atoms with Gasteiger partial charge in [-0.25, -0.2) is 23.7 Å². The van der Waals surface area contributed by atoms with Crippen LogP contribution in [0.2, 0.25) is 0 Å². The average molecular weight is 490 g/mol. The van der Waals surface area contributed by atoms with Gasteiger partial charge in [0.15, 0.2) is 17.4 Å². The summed E-state index contributed by atoms with van der Waals surface area (Å²) < 4.78 is 33.2. The van der Waals surface area contributed by atoms with E-state index in [-0.39, 0.29) is 11.4 Å². The topological polar surface area (TPSA) is 88.1 Å². The number of anilines is 3. The highest BCUT2D eigenvalue weighted by Crippen LogP contribution is 2.45. The van der Waals surface area contributed by atoms with Gasteiger partial charge in [-0.05, 0) is 36.5 Å². The molecule has 4 aromatic rings. The molecule has 1 aromatic carbocycles. The third kappa shape index (κ3) is 4.28. The van der Waals surface area contributed by atoms with Crippen molar-refractivity contribution in [1.82, 2.24) is 25.3 Å². The molecule has 2 aliphatic rings. The molecule has 10 heteroatoms. The van der Waals surface area contributed by atoms with Crippen LogP contribution in [0.15, 0.2) is 42.9 Å². The molecular formula is C26H25F2N7O. The van der Waals surface area contributed by atoms with Crippen molar-refractivity contribution < 1.29 is 13.5 Å². The molecule has 8 nitrogen and oxygen atoms in total. The Morgan fingerprint density at radius 1 is 1.06 bits per heavy atom. The van der Waals surface area contributed by atoms with E-state index in [1.807, 2.05) is 12.3 Å². The summed E-state index contributed by atoms with van der Waals surface area (Å²) in [7, 11) is 1.33. The minimum absolute atomic E-state index is 0.0529. The number of nitrogens with one attached hydrogen (secondary N) is 2. The van der Waals surface area contributed by atoms with Crippen LogP contribution >= 0.6 is 0 Å². The monoisotopic (exact) mass is 489 g/mol. The summed E-state index contributed by atoms with van der Waals surface area (Å²) in [5.41, 5.74) is 2.79. The predicted molar refractivity (Wildman–Crippen MR) is 134 cm³/mol. The zero-order valence-corrected chi connectivity index (χ0v) is 19.8. The second-order valence-corrected chi connectivity index (χ2v) is 9.03. The largest absolute Gasteiger partial charge is 0.494 e. The quantitative estimate of drug-likeness (QED) is 0.412. The molecule has 6 rings (SSSR count). The van der Waals surface area contributed by atoms with Gasteiger partial charge in [-0.2, -0.15) is 0 Å². The summed E-state index contributed by atoms with van der Waals surface area (Å²) in [6.07, 6.45) is 7.67. The van der Waals surface area contributed by atoms with E-state index < -0.39 is 11.6 Å². The number of pyridine rings is 2. The SMILES string of the molecule is COc1cc(Nc2cc(-c3nc(N4CCNCC4)c4c(C5CC5)cncc4n3)ccn2)c(F)cc1F. The fourth-order valence-corrected chi connectivity index (χ4v) is 4.58. The lowest BCUT2D eigenvalue weighted by Gasteiger charge is -2.30. The third-order valence-corrected chi connectivity index (χ3v) is 6.57. The minimum Gasteiger partial charge on any atom is -0.494 e. The van der Waals surface area contributed by atoms with Gasteiger partial charge in [0.25, 0.3) is 0 Å². The van der Waals surface area contributed by atoms with E-state index in [0.29, 0.717) is 17.6 Å². The van der Waals surface area contributed by atoms with Gasteiger partial charge >= 0.3 is 0 Å². The lowest BCUT2D eigenvalue weighted by atomic mass is 10.1. The Bertz CT molecular complexity index is 1440. The van der Waals surface area contributed by atoms with Crippen molar-refractivity contribution in [3.63, 3.8) is 0 Å².